The van der Waals surface area contributed by atoms with Crippen molar-refractivity contribution < 1.29 is 5.11 Å². The number of aliphatic hydroxyl groups excluding tert-OH is 1. The summed E-state index contributed by atoms with van der Waals surface area (Å²) in [4.78, 5) is 0. The number of rotatable bonds is 2. The molecule has 1 N–H and O–H groups in total. The largest absolute Gasteiger partial charge is 0.392 e. The standard InChI is InChI=1S/C11H11ClOS/c1-7-2-11-10(3-8(7)5-13)9(4-12)6-14-11/h2-3,6,13H,4-5H2,1H3. The number of fused-ring (bicyclic) bond motifs is 1. The summed E-state index contributed by atoms with van der Waals surface area (Å²) in [5, 5.41) is 12.4. The Hall–Kier alpha value is -0.570. The highest BCUT2D eigenvalue weighted by molar-refractivity contribution is 7.17. The van der Waals surface area contributed by atoms with Crippen LogP contribution in [0.3, 0.4) is 0 Å². The number of halogens is 1. The summed E-state index contributed by atoms with van der Waals surface area (Å²) in [6.45, 7) is 2.12. The minimum Gasteiger partial charge on any atom is -0.392 e. The zero-order chi connectivity index (χ0) is 10.1. The molecule has 1 aromatic heterocycles. The molecule has 74 valence electrons. The van der Waals surface area contributed by atoms with Crippen molar-refractivity contribution in [1.29, 1.82) is 0 Å². The molecule has 0 saturated heterocycles. The second kappa shape index (κ2) is 3.89. The van der Waals surface area contributed by atoms with E-state index in [-0.39, 0.29) is 6.61 Å². The highest BCUT2D eigenvalue weighted by Crippen LogP contribution is 2.29. The van der Waals surface area contributed by atoms with Gasteiger partial charge in [0, 0.05) is 10.6 Å². The van der Waals surface area contributed by atoms with Crippen molar-refractivity contribution in [2.45, 2.75) is 19.4 Å². The summed E-state index contributed by atoms with van der Waals surface area (Å²) in [5.41, 5.74) is 3.28. The number of aryl methyl sites for hydroxylation is 1. The van der Waals surface area contributed by atoms with Crippen LogP contribution in [-0.2, 0) is 12.5 Å². The average Bonchev–Trinajstić information content (AvgIpc) is 2.58. The number of thiophene rings is 1. The Labute approximate surface area is 91.9 Å². The highest BCUT2D eigenvalue weighted by Gasteiger charge is 2.06. The van der Waals surface area contributed by atoms with Gasteiger partial charge in [-0.25, -0.2) is 0 Å². The van der Waals surface area contributed by atoms with Crippen LogP contribution in [0.4, 0.5) is 0 Å². The van der Waals surface area contributed by atoms with Gasteiger partial charge in [-0.3, -0.25) is 0 Å². The number of benzene rings is 1. The summed E-state index contributed by atoms with van der Waals surface area (Å²) < 4.78 is 1.25. The molecule has 2 aromatic rings. The molecule has 0 aliphatic carbocycles. The van der Waals surface area contributed by atoms with E-state index in [1.54, 1.807) is 11.3 Å². The Morgan fingerprint density at radius 1 is 1.36 bits per heavy atom. The Balaban J connectivity index is 2.70. The molecule has 1 heterocycles. The van der Waals surface area contributed by atoms with E-state index in [1.165, 1.54) is 10.1 Å². The minimum absolute atomic E-state index is 0.0966. The van der Waals surface area contributed by atoms with Crippen LogP contribution in [0.25, 0.3) is 10.1 Å². The van der Waals surface area contributed by atoms with Crippen molar-refractivity contribution in [3.05, 3.63) is 34.2 Å². The Morgan fingerprint density at radius 2 is 2.14 bits per heavy atom. The van der Waals surface area contributed by atoms with Crippen LogP contribution in [0.2, 0.25) is 0 Å². The maximum absolute atomic E-state index is 9.15. The molecule has 0 saturated carbocycles. The van der Waals surface area contributed by atoms with Gasteiger partial charge in [-0.2, -0.15) is 0 Å². The lowest BCUT2D eigenvalue weighted by Gasteiger charge is -2.03. The van der Waals surface area contributed by atoms with E-state index in [2.05, 4.69) is 11.4 Å². The summed E-state index contributed by atoms with van der Waals surface area (Å²) in [7, 11) is 0. The topological polar surface area (TPSA) is 20.2 Å². The fraction of sp³-hybridized carbons (Fsp3) is 0.273. The molecule has 0 spiro atoms. The minimum atomic E-state index is 0.0966. The van der Waals surface area contributed by atoms with Gasteiger partial charge in [-0.15, -0.1) is 22.9 Å². The lowest BCUT2D eigenvalue weighted by atomic mass is 10.1. The first kappa shape index (κ1) is 9.97. The molecule has 0 atom stereocenters. The lowest BCUT2D eigenvalue weighted by Crippen LogP contribution is -1.88. The van der Waals surface area contributed by atoms with E-state index in [9.17, 15) is 0 Å². The molecule has 0 aliphatic heterocycles. The molecular weight excluding hydrogens is 216 g/mol. The van der Waals surface area contributed by atoms with Crippen LogP contribution in [-0.4, -0.2) is 5.11 Å². The average molecular weight is 227 g/mol. The first-order valence-electron chi connectivity index (χ1n) is 4.42. The van der Waals surface area contributed by atoms with Crippen LogP contribution in [0.15, 0.2) is 17.5 Å². The first-order valence-corrected chi connectivity index (χ1v) is 5.84. The van der Waals surface area contributed by atoms with Crippen LogP contribution in [0, 0.1) is 6.92 Å². The zero-order valence-electron chi connectivity index (χ0n) is 7.88. The molecule has 0 aliphatic rings. The van der Waals surface area contributed by atoms with E-state index in [0.717, 1.165) is 16.7 Å². The van der Waals surface area contributed by atoms with E-state index in [0.29, 0.717) is 5.88 Å². The fourth-order valence-corrected chi connectivity index (χ4v) is 2.90. The van der Waals surface area contributed by atoms with Gasteiger partial charge in [0.2, 0.25) is 0 Å². The summed E-state index contributed by atoms with van der Waals surface area (Å²) >= 11 is 7.53. The van der Waals surface area contributed by atoms with Gasteiger partial charge in [0.25, 0.3) is 0 Å². The summed E-state index contributed by atoms with van der Waals surface area (Å²) in [5.74, 6) is 0.536. The Kier molecular flexibility index (Phi) is 2.77. The van der Waals surface area contributed by atoms with Gasteiger partial charge < -0.3 is 5.11 Å². The fourth-order valence-electron chi connectivity index (χ4n) is 1.55. The molecule has 0 radical (unpaired) electrons. The third-order valence-corrected chi connectivity index (χ3v) is 3.71. The summed E-state index contributed by atoms with van der Waals surface area (Å²) in [6, 6.07) is 4.15. The SMILES string of the molecule is Cc1cc2scc(CCl)c2cc1CO. The molecule has 14 heavy (non-hydrogen) atoms. The lowest BCUT2D eigenvalue weighted by molar-refractivity contribution is 0.281. The number of hydrogen-bond donors (Lipinski definition) is 1. The molecule has 1 aromatic carbocycles. The number of alkyl halides is 1. The number of hydrogen-bond acceptors (Lipinski definition) is 2. The van der Waals surface area contributed by atoms with Gasteiger partial charge in [0.1, 0.15) is 0 Å². The highest BCUT2D eigenvalue weighted by atomic mass is 35.5. The molecule has 3 heteroatoms. The number of aliphatic hydroxyl groups is 1. The predicted molar refractivity (Wildman–Crippen MR) is 62.0 cm³/mol. The second-order valence-electron chi connectivity index (χ2n) is 3.33. The van der Waals surface area contributed by atoms with Gasteiger partial charge in [0.05, 0.1) is 6.61 Å². The zero-order valence-corrected chi connectivity index (χ0v) is 9.45. The Morgan fingerprint density at radius 3 is 2.79 bits per heavy atom. The quantitative estimate of drug-likeness (QED) is 0.778. The maximum Gasteiger partial charge on any atom is 0.0684 e. The van der Waals surface area contributed by atoms with Crippen molar-refractivity contribution >= 4 is 33.0 Å². The monoisotopic (exact) mass is 226 g/mol. The van der Waals surface area contributed by atoms with E-state index >= 15 is 0 Å². The molecule has 0 unspecified atom stereocenters. The van der Waals surface area contributed by atoms with Crippen LogP contribution < -0.4 is 0 Å². The Bertz CT molecular complexity index is 462. The van der Waals surface area contributed by atoms with Gasteiger partial charge in [0.15, 0.2) is 0 Å². The van der Waals surface area contributed by atoms with Crippen molar-refractivity contribution in [2.24, 2.45) is 0 Å². The maximum atomic E-state index is 9.15. The van der Waals surface area contributed by atoms with Gasteiger partial charge in [-0.1, -0.05) is 0 Å². The van der Waals surface area contributed by atoms with E-state index in [1.807, 2.05) is 13.0 Å². The molecule has 1 nitrogen and oxygen atoms in total. The predicted octanol–water partition coefficient (Wildman–Crippen LogP) is 3.44. The van der Waals surface area contributed by atoms with Crippen molar-refractivity contribution in [3.63, 3.8) is 0 Å². The van der Waals surface area contributed by atoms with Gasteiger partial charge in [-0.05, 0) is 46.5 Å². The smallest absolute Gasteiger partial charge is 0.0684 e. The van der Waals surface area contributed by atoms with Crippen molar-refractivity contribution in [3.8, 4) is 0 Å². The van der Waals surface area contributed by atoms with E-state index in [4.69, 9.17) is 16.7 Å². The first-order chi connectivity index (χ1) is 6.76. The third kappa shape index (κ3) is 1.54. The van der Waals surface area contributed by atoms with Crippen LogP contribution in [0.1, 0.15) is 16.7 Å². The normalized spacial score (nSPS) is 11.1. The molecule has 0 fully saturated rings. The van der Waals surface area contributed by atoms with Crippen molar-refractivity contribution in [2.75, 3.05) is 0 Å². The molecule has 0 amide bonds. The van der Waals surface area contributed by atoms with Crippen LogP contribution in [0.5, 0.6) is 0 Å². The van der Waals surface area contributed by atoms with Crippen molar-refractivity contribution in [1.82, 2.24) is 0 Å². The van der Waals surface area contributed by atoms with E-state index < -0.39 is 0 Å². The van der Waals surface area contributed by atoms with Gasteiger partial charge >= 0.3 is 0 Å². The molecule has 2 rings (SSSR count). The summed E-state index contributed by atoms with van der Waals surface area (Å²) in [6.07, 6.45) is 0. The molecule has 0 bridgehead atoms. The third-order valence-electron chi connectivity index (χ3n) is 2.43. The molecular formula is C11H11ClOS. The van der Waals surface area contributed by atoms with Crippen LogP contribution >= 0.6 is 22.9 Å². The second-order valence-corrected chi connectivity index (χ2v) is 4.51.